The summed E-state index contributed by atoms with van der Waals surface area (Å²) in [6, 6.07) is 0.438. The van der Waals surface area contributed by atoms with E-state index in [4.69, 9.17) is 11.5 Å². The van der Waals surface area contributed by atoms with E-state index in [1.54, 1.807) is 5.57 Å². The lowest BCUT2D eigenvalue weighted by Gasteiger charge is -2.51. The molecule has 13 atom stereocenters. The van der Waals surface area contributed by atoms with Crippen LogP contribution in [0.4, 0.5) is 0 Å². The number of hydrogen-bond acceptors (Lipinski definition) is 3. The quantitative estimate of drug-likeness (QED) is 0.144. The van der Waals surface area contributed by atoms with E-state index in [0.717, 1.165) is 55.5 Å². The lowest BCUT2D eigenvalue weighted by molar-refractivity contribution is 0.0717. The fraction of sp³-hybridized carbons (Fsp3) is 0.739. The van der Waals surface area contributed by atoms with Gasteiger partial charge in [-0.25, -0.2) is 0 Å². The van der Waals surface area contributed by atoms with Gasteiger partial charge in [0.15, 0.2) is 0 Å². The Labute approximate surface area is 301 Å². The van der Waals surface area contributed by atoms with E-state index in [9.17, 15) is 0 Å². The molecule has 0 radical (unpaired) electrons. The van der Waals surface area contributed by atoms with Gasteiger partial charge in [-0.2, -0.15) is 0 Å². The van der Waals surface area contributed by atoms with Crippen molar-refractivity contribution in [3.05, 3.63) is 72.0 Å². The molecule has 13 unspecified atom stereocenters. The van der Waals surface area contributed by atoms with Crippen LogP contribution in [0.1, 0.15) is 124 Å². The number of nitrogens with two attached hydrogens (primary N) is 2. The SMILES string of the molecule is CCC(CN)CCCC(CN)C(CCC(C)C1C=CC(C2C=C3CCC=CC3C3CCCCC23)C2C=CCCC12)C(C)NC1=CC=CCC1. The van der Waals surface area contributed by atoms with Crippen LogP contribution in [0, 0.1) is 71.0 Å². The van der Waals surface area contributed by atoms with Crippen molar-refractivity contribution in [1.29, 1.82) is 0 Å². The first-order valence-corrected chi connectivity index (χ1v) is 21.3. The summed E-state index contributed by atoms with van der Waals surface area (Å²) in [4.78, 5) is 0. The van der Waals surface area contributed by atoms with Crippen molar-refractivity contribution >= 4 is 0 Å². The summed E-state index contributed by atoms with van der Waals surface area (Å²) < 4.78 is 0. The maximum Gasteiger partial charge on any atom is 0.0261 e. The molecule has 272 valence electrons. The van der Waals surface area contributed by atoms with Crippen LogP contribution in [0.15, 0.2) is 72.0 Å². The van der Waals surface area contributed by atoms with Gasteiger partial charge in [0.25, 0.3) is 0 Å². The molecule has 0 amide bonds. The Hall–Kier alpha value is -1.84. The second kappa shape index (κ2) is 18.1. The standard InChI is InChI=1S/C46H73N3/c1-4-34(30-47)15-14-17-36(31-48)39(33(3)49-37-18-6-5-7-19-37)26-25-32(2)38-27-28-45(43-23-12-10-21-41(38)43)46-29-35-16-8-9-20-40(35)42-22-11-13-24-44(42)46/h5-6,9,12,18,20,23,27-29,32-34,36,38-46,49H,4,7-8,10-11,13-17,19,21-22,24-26,30-31,47-48H2,1-3H3. The molecule has 0 aromatic heterocycles. The largest absolute Gasteiger partial charge is 0.386 e. The van der Waals surface area contributed by atoms with Gasteiger partial charge in [-0.3, -0.25) is 0 Å². The molecule has 0 aliphatic heterocycles. The van der Waals surface area contributed by atoms with Gasteiger partial charge in [-0.15, -0.1) is 0 Å². The zero-order chi connectivity index (χ0) is 34.2. The molecule has 49 heavy (non-hydrogen) atoms. The van der Waals surface area contributed by atoms with E-state index in [1.807, 2.05) is 0 Å². The molecule has 6 aliphatic carbocycles. The summed E-state index contributed by atoms with van der Waals surface area (Å²) in [6.07, 6.45) is 46.3. The highest BCUT2D eigenvalue weighted by atomic mass is 14.9. The van der Waals surface area contributed by atoms with E-state index >= 15 is 0 Å². The van der Waals surface area contributed by atoms with Crippen molar-refractivity contribution in [2.24, 2.45) is 82.5 Å². The van der Waals surface area contributed by atoms with Gasteiger partial charge >= 0.3 is 0 Å². The van der Waals surface area contributed by atoms with E-state index in [2.05, 4.69) is 86.8 Å². The van der Waals surface area contributed by atoms with Gasteiger partial charge in [-0.1, -0.05) is 99.8 Å². The second-order valence-corrected chi connectivity index (χ2v) is 17.5. The number of rotatable bonds is 16. The van der Waals surface area contributed by atoms with Crippen molar-refractivity contribution in [2.45, 2.75) is 130 Å². The Morgan fingerprint density at radius 3 is 2.35 bits per heavy atom. The lowest BCUT2D eigenvalue weighted by atomic mass is 9.53. The molecule has 0 heterocycles. The van der Waals surface area contributed by atoms with Crippen LogP contribution in [-0.2, 0) is 0 Å². The molecule has 5 N–H and O–H groups in total. The summed E-state index contributed by atoms with van der Waals surface area (Å²) in [5.41, 5.74) is 15.9. The van der Waals surface area contributed by atoms with Crippen LogP contribution in [0.5, 0.6) is 0 Å². The van der Waals surface area contributed by atoms with Crippen LogP contribution in [-0.4, -0.2) is 19.1 Å². The zero-order valence-electron chi connectivity index (χ0n) is 31.7. The fourth-order valence-corrected chi connectivity index (χ4v) is 11.9. The van der Waals surface area contributed by atoms with Crippen molar-refractivity contribution in [1.82, 2.24) is 5.32 Å². The Balaban J connectivity index is 1.17. The van der Waals surface area contributed by atoms with Crippen molar-refractivity contribution < 1.29 is 0 Å². The van der Waals surface area contributed by atoms with Crippen LogP contribution in [0.25, 0.3) is 0 Å². The van der Waals surface area contributed by atoms with Gasteiger partial charge in [0.2, 0.25) is 0 Å². The Morgan fingerprint density at radius 2 is 1.57 bits per heavy atom. The molecule has 1 fully saturated rings. The molecule has 1 saturated carbocycles. The van der Waals surface area contributed by atoms with Crippen molar-refractivity contribution in [3.63, 3.8) is 0 Å². The lowest BCUT2D eigenvalue weighted by Crippen LogP contribution is -2.44. The Morgan fingerprint density at radius 1 is 0.755 bits per heavy atom. The minimum Gasteiger partial charge on any atom is -0.386 e. The van der Waals surface area contributed by atoms with Gasteiger partial charge in [0.05, 0.1) is 0 Å². The zero-order valence-corrected chi connectivity index (χ0v) is 31.7. The van der Waals surface area contributed by atoms with E-state index in [0.29, 0.717) is 47.5 Å². The summed E-state index contributed by atoms with van der Waals surface area (Å²) in [6.45, 7) is 8.94. The number of fused-ring (bicyclic) bond motifs is 4. The highest BCUT2D eigenvalue weighted by Crippen LogP contribution is 2.55. The fourth-order valence-electron chi connectivity index (χ4n) is 11.9. The van der Waals surface area contributed by atoms with Gasteiger partial charge in [-0.05, 0) is 168 Å². The molecular weight excluding hydrogens is 595 g/mol. The predicted molar refractivity (Wildman–Crippen MR) is 211 cm³/mol. The molecule has 0 aromatic rings. The molecule has 3 heteroatoms. The number of allylic oxidation sites excluding steroid dienone is 12. The topological polar surface area (TPSA) is 64.1 Å². The second-order valence-electron chi connectivity index (χ2n) is 17.5. The Kier molecular flexibility index (Phi) is 13.6. The monoisotopic (exact) mass is 668 g/mol. The summed E-state index contributed by atoms with van der Waals surface area (Å²) >= 11 is 0. The predicted octanol–water partition coefficient (Wildman–Crippen LogP) is 10.7. The first-order chi connectivity index (χ1) is 24.0. The minimum absolute atomic E-state index is 0.438. The van der Waals surface area contributed by atoms with Crippen molar-refractivity contribution in [2.75, 3.05) is 13.1 Å². The highest BCUT2D eigenvalue weighted by molar-refractivity contribution is 5.28. The van der Waals surface area contributed by atoms with Crippen LogP contribution >= 0.6 is 0 Å². The number of hydrogen-bond donors (Lipinski definition) is 3. The third-order valence-corrected chi connectivity index (χ3v) is 14.8. The smallest absolute Gasteiger partial charge is 0.0261 e. The Bertz CT molecular complexity index is 1220. The van der Waals surface area contributed by atoms with E-state index < -0.39 is 0 Å². The normalized spacial score (nSPS) is 35.2. The molecule has 0 saturated heterocycles. The summed E-state index contributed by atoms with van der Waals surface area (Å²) in [5, 5.41) is 3.99. The minimum atomic E-state index is 0.438. The van der Waals surface area contributed by atoms with Crippen molar-refractivity contribution in [3.8, 4) is 0 Å². The first-order valence-electron chi connectivity index (χ1n) is 21.3. The molecule has 6 rings (SSSR count). The molecule has 0 spiro atoms. The first kappa shape index (κ1) is 36.9. The van der Waals surface area contributed by atoms with Crippen LogP contribution in [0.2, 0.25) is 0 Å². The molecule has 6 aliphatic rings. The van der Waals surface area contributed by atoms with Gasteiger partial charge < -0.3 is 16.8 Å². The average molecular weight is 668 g/mol. The molecular formula is C46H73N3. The summed E-state index contributed by atoms with van der Waals surface area (Å²) in [7, 11) is 0. The van der Waals surface area contributed by atoms with E-state index in [-0.39, 0.29) is 0 Å². The van der Waals surface area contributed by atoms with Crippen LogP contribution in [0.3, 0.4) is 0 Å². The van der Waals surface area contributed by atoms with Crippen LogP contribution < -0.4 is 16.8 Å². The van der Waals surface area contributed by atoms with E-state index in [1.165, 1.54) is 95.6 Å². The maximum atomic E-state index is 6.63. The maximum absolute atomic E-state index is 6.63. The van der Waals surface area contributed by atoms with Gasteiger partial charge in [0.1, 0.15) is 0 Å². The highest BCUT2D eigenvalue weighted by Gasteiger charge is 2.47. The van der Waals surface area contributed by atoms with Gasteiger partial charge in [0, 0.05) is 17.7 Å². The molecule has 0 bridgehead atoms. The molecule has 0 aromatic carbocycles. The average Bonchev–Trinajstić information content (AvgIpc) is 3.15. The third-order valence-electron chi connectivity index (χ3n) is 14.8. The molecule has 3 nitrogen and oxygen atoms in total. The number of nitrogens with one attached hydrogen (secondary N) is 1. The third kappa shape index (κ3) is 8.80. The summed E-state index contributed by atoms with van der Waals surface area (Å²) in [5.74, 6) is 8.62.